The number of carbonyl (C=O) groups excluding carboxylic acids is 3. The first kappa shape index (κ1) is 12.1. The van der Waals surface area contributed by atoms with Crippen LogP contribution in [0.2, 0.25) is 0 Å². The lowest BCUT2D eigenvalue weighted by Crippen LogP contribution is -2.69. The van der Waals surface area contributed by atoms with Gasteiger partial charge in [-0.15, -0.1) is 0 Å². The fourth-order valence-corrected chi connectivity index (χ4v) is 3.52. The largest absolute Gasteiger partial charge is 0.399 e. The number of rotatable bonds is 1. The summed E-state index contributed by atoms with van der Waals surface area (Å²) in [6.45, 7) is 3.85. The van der Waals surface area contributed by atoms with Crippen LogP contribution in [0.25, 0.3) is 0 Å². The zero-order valence-corrected chi connectivity index (χ0v) is 11.2. The quantitative estimate of drug-likeness (QED) is 0.585. The molecule has 0 radical (unpaired) electrons. The molecular formula is C15H13N3O3. The van der Waals surface area contributed by atoms with E-state index in [-0.39, 0.29) is 23.6 Å². The zero-order valence-electron chi connectivity index (χ0n) is 11.2. The molecule has 3 aliphatic heterocycles. The Balaban J connectivity index is 1.79. The molecule has 21 heavy (non-hydrogen) atoms. The summed E-state index contributed by atoms with van der Waals surface area (Å²) in [5.41, 5.74) is 6.47. The summed E-state index contributed by atoms with van der Waals surface area (Å²) in [5, 5.41) is 2.67. The van der Waals surface area contributed by atoms with Crippen LogP contribution in [0.3, 0.4) is 0 Å². The van der Waals surface area contributed by atoms with Gasteiger partial charge in [0.05, 0.1) is 16.7 Å². The van der Waals surface area contributed by atoms with Crippen LogP contribution in [0.5, 0.6) is 0 Å². The van der Waals surface area contributed by atoms with E-state index in [1.54, 1.807) is 12.1 Å². The molecule has 2 bridgehead atoms. The van der Waals surface area contributed by atoms with Gasteiger partial charge < -0.3 is 11.1 Å². The number of nitrogens with one attached hydrogen (secondary N) is 1. The first-order chi connectivity index (χ1) is 9.94. The van der Waals surface area contributed by atoms with Crippen molar-refractivity contribution in [3.63, 3.8) is 0 Å². The molecule has 4 aliphatic rings. The summed E-state index contributed by atoms with van der Waals surface area (Å²) in [7, 11) is 0. The van der Waals surface area contributed by atoms with E-state index in [9.17, 15) is 14.4 Å². The van der Waals surface area contributed by atoms with Crippen molar-refractivity contribution in [2.45, 2.75) is 18.4 Å². The molecule has 3 amide bonds. The van der Waals surface area contributed by atoms with Crippen LogP contribution in [0, 0.1) is 5.92 Å². The number of nitrogens with two attached hydrogens (primary N) is 1. The normalized spacial score (nSPS) is 30.1. The van der Waals surface area contributed by atoms with Crippen molar-refractivity contribution < 1.29 is 14.4 Å². The second kappa shape index (κ2) is 3.52. The molecule has 3 heterocycles. The lowest BCUT2D eigenvalue weighted by atomic mass is 9.62. The van der Waals surface area contributed by atoms with Gasteiger partial charge in [-0.05, 0) is 31.0 Å². The zero-order chi connectivity index (χ0) is 14.9. The molecule has 6 heteroatoms. The number of piperidine rings is 2. The first-order valence-electron chi connectivity index (χ1n) is 6.73. The lowest BCUT2D eigenvalue weighted by Gasteiger charge is -2.55. The molecule has 3 N–H and O–H groups in total. The van der Waals surface area contributed by atoms with Crippen LogP contribution in [-0.4, -0.2) is 28.2 Å². The van der Waals surface area contributed by atoms with Gasteiger partial charge in [0.2, 0.25) is 5.91 Å². The Labute approximate surface area is 120 Å². The van der Waals surface area contributed by atoms with Gasteiger partial charge in [0.1, 0.15) is 0 Å². The molecule has 106 valence electrons. The molecule has 2 saturated heterocycles. The van der Waals surface area contributed by atoms with Gasteiger partial charge in [-0.3, -0.25) is 19.3 Å². The lowest BCUT2D eigenvalue weighted by molar-refractivity contribution is -0.136. The maximum Gasteiger partial charge on any atom is 0.262 e. The highest BCUT2D eigenvalue weighted by molar-refractivity contribution is 6.22. The van der Waals surface area contributed by atoms with E-state index in [1.165, 1.54) is 11.0 Å². The highest BCUT2D eigenvalue weighted by atomic mass is 16.2. The van der Waals surface area contributed by atoms with Crippen molar-refractivity contribution in [2.24, 2.45) is 5.92 Å². The summed E-state index contributed by atoms with van der Waals surface area (Å²) >= 11 is 0. The molecule has 3 fully saturated rings. The van der Waals surface area contributed by atoms with Crippen LogP contribution in [0.4, 0.5) is 5.69 Å². The summed E-state index contributed by atoms with van der Waals surface area (Å²) in [6, 6.07) is 4.70. The Morgan fingerprint density at radius 1 is 1.19 bits per heavy atom. The third kappa shape index (κ3) is 1.29. The maximum absolute atomic E-state index is 12.6. The SMILES string of the molecule is C=C1NC(=O)C2CC1(N1C(=O)c3ccc(N)cc3C1=O)C2. The molecule has 1 aromatic carbocycles. The molecule has 1 aromatic rings. The minimum Gasteiger partial charge on any atom is -0.399 e. The maximum atomic E-state index is 12.6. The predicted octanol–water partition coefficient (Wildman–Crippen LogP) is 0.657. The molecule has 0 atom stereocenters. The summed E-state index contributed by atoms with van der Waals surface area (Å²) in [4.78, 5) is 38.1. The molecule has 1 aliphatic carbocycles. The minimum atomic E-state index is -0.777. The number of benzene rings is 1. The molecule has 6 nitrogen and oxygen atoms in total. The average Bonchev–Trinajstić information content (AvgIpc) is 2.61. The third-order valence-corrected chi connectivity index (χ3v) is 4.71. The number of fused-ring (bicyclic) bond motifs is 3. The van der Waals surface area contributed by atoms with Crippen molar-refractivity contribution in [1.82, 2.24) is 10.2 Å². The second-order valence-electron chi connectivity index (χ2n) is 5.86. The molecule has 5 rings (SSSR count). The number of amides is 3. The van der Waals surface area contributed by atoms with E-state index in [4.69, 9.17) is 5.73 Å². The van der Waals surface area contributed by atoms with E-state index in [0.29, 0.717) is 35.4 Å². The predicted molar refractivity (Wildman–Crippen MR) is 74.1 cm³/mol. The van der Waals surface area contributed by atoms with Crippen LogP contribution in [0.15, 0.2) is 30.5 Å². The molecule has 0 spiro atoms. The topological polar surface area (TPSA) is 92.5 Å². The standard InChI is InChI=1S/C15H13N3O3/c1-7-15(5-8(6-15)12(19)17-7)18-13(20)10-3-2-9(16)4-11(10)14(18)21/h2-4,8H,1,5-6,16H2,(H,17,19). The minimum absolute atomic E-state index is 0.0808. The molecule has 0 aromatic heterocycles. The van der Waals surface area contributed by atoms with E-state index in [0.717, 1.165) is 0 Å². The van der Waals surface area contributed by atoms with Gasteiger partial charge >= 0.3 is 0 Å². The van der Waals surface area contributed by atoms with Crippen LogP contribution in [-0.2, 0) is 4.79 Å². The van der Waals surface area contributed by atoms with Crippen LogP contribution in [0.1, 0.15) is 33.6 Å². The van der Waals surface area contributed by atoms with Gasteiger partial charge in [-0.25, -0.2) is 0 Å². The average molecular weight is 283 g/mol. The van der Waals surface area contributed by atoms with E-state index >= 15 is 0 Å². The molecular weight excluding hydrogens is 270 g/mol. The summed E-state index contributed by atoms with van der Waals surface area (Å²) in [6.07, 6.45) is 0.914. The fraction of sp³-hybridized carbons (Fsp3) is 0.267. The Morgan fingerprint density at radius 2 is 1.86 bits per heavy atom. The van der Waals surface area contributed by atoms with Crippen molar-refractivity contribution in [1.29, 1.82) is 0 Å². The number of nitrogen functional groups attached to an aromatic ring is 1. The Kier molecular flexibility index (Phi) is 2.03. The monoisotopic (exact) mass is 283 g/mol. The number of anilines is 1. The van der Waals surface area contributed by atoms with Gasteiger partial charge in [-0.2, -0.15) is 0 Å². The van der Waals surface area contributed by atoms with Crippen molar-refractivity contribution in [3.05, 3.63) is 41.6 Å². The van der Waals surface area contributed by atoms with E-state index < -0.39 is 5.54 Å². The van der Waals surface area contributed by atoms with Crippen LogP contribution >= 0.6 is 0 Å². The van der Waals surface area contributed by atoms with Gasteiger partial charge in [0.15, 0.2) is 0 Å². The number of carbonyl (C=O) groups is 3. The van der Waals surface area contributed by atoms with E-state index in [1.807, 2.05) is 0 Å². The van der Waals surface area contributed by atoms with Crippen molar-refractivity contribution in [3.8, 4) is 0 Å². The Bertz CT molecular complexity index is 747. The highest BCUT2D eigenvalue weighted by Crippen LogP contribution is 2.52. The number of hydrogen-bond donors (Lipinski definition) is 2. The fourth-order valence-electron chi connectivity index (χ4n) is 3.52. The van der Waals surface area contributed by atoms with Crippen molar-refractivity contribution >= 4 is 23.4 Å². The third-order valence-electron chi connectivity index (χ3n) is 4.71. The van der Waals surface area contributed by atoms with Gasteiger partial charge in [0, 0.05) is 17.3 Å². The first-order valence-corrected chi connectivity index (χ1v) is 6.73. The van der Waals surface area contributed by atoms with Gasteiger partial charge in [-0.1, -0.05) is 6.58 Å². The number of nitrogens with zero attached hydrogens (tertiary/aromatic N) is 1. The van der Waals surface area contributed by atoms with Gasteiger partial charge in [0.25, 0.3) is 11.8 Å². The number of hydrogen-bond acceptors (Lipinski definition) is 4. The van der Waals surface area contributed by atoms with Crippen molar-refractivity contribution in [2.75, 3.05) is 5.73 Å². The highest BCUT2D eigenvalue weighted by Gasteiger charge is 2.62. The molecule has 1 saturated carbocycles. The second-order valence-corrected chi connectivity index (χ2v) is 5.86. The Morgan fingerprint density at radius 3 is 2.52 bits per heavy atom. The summed E-state index contributed by atoms with van der Waals surface area (Å²) in [5.74, 6) is -0.934. The number of imide groups is 1. The molecule has 0 unspecified atom stereocenters. The van der Waals surface area contributed by atoms with E-state index in [2.05, 4.69) is 11.9 Å². The van der Waals surface area contributed by atoms with Crippen LogP contribution < -0.4 is 11.1 Å². The smallest absolute Gasteiger partial charge is 0.262 e. The Hall–Kier alpha value is -2.63. The summed E-state index contributed by atoms with van der Waals surface area (Å²) < 4.78 is 0.